The topological polar surface area (TPSA) is 74.5 Å². The zero-order valence-electron chi connectivity index (χ0n) is 11.9. The van der Waals surface area contributed by atoms with Crippen LogP contribution in [0, 0.1) is 17.2 Å². The molecule has 0 radical (unpaired) electrons. The van der Waals surface area contributed by atoms with Crippen molar-refractivity contribution in [1.82, 2.24) is 5.32 Å². The summed E-state index contributed by atoms with van der Waals surface area (Å²) in [6, 6.07) is 10.2. The van der Waals surface area contributed by atoms with Gasteiger partial charge >= 0.3 is 0 Å². The Morgan fingerprint density at radius 3 is 2.71 bits per heavy atom. The van der Waals surface area contributed by atoms with Gasteiger partial charge in [0.1, 0.15) is 0 Å². The van der Waals surface area contributed by atoms with Crippen LogP contribution in [0.5, 0.6) is 0 Å². The van der Waals surface area contributed by atoms with Gasteiger partial charge in [0.15, 0.2) is 6.29 Å². The molecule has 0 unspecified atom stereocenters. The lowest BCUT2D eigenvalue weighted by Gasteiger charge is -2.40. The minimum atomic E-state index is -0.726. The van der Waals surface area contributed by atoms with Crippen molar-refractivity contribution in [2.24, 2.45) is 5.92 Å². The van der Waals surface area contributed by atoms with Crippen LogP contribution in [-0.4, -0.2) is 30.5 Å². The maximum atomic E-state index is 10.2. The molecule has 5 heteroatoms. The van der Waals surface area contributed by atoms with Gasteiger partial charge in [-0.2, -0.15) is 5.26 Å². The van der Waals surface area contributed by atoms with Crippen LogP contribution in [0.15, 0.2) is 24.3 Å². The fourth-order valence-corrected chi connectivity index (χ4v) is 2.99. The van der Waals surface area contributed by atoms with Gasteiger partial charge in [0.05, 0.1) is 30.8 Å². The molecule has 0 aromatic heterocycles. The highest BCUT2D eigenvalue weighted by Gasteiger charge is 2.42. The second-order valence-electron chi connectivity index (χ2n) is 5.83. The van der Waals surface area contributed by atoms with Gasteiger partial charge in [-0.05, 0) is 18.4 Å². The zero-order valence-corrected chi connectivity index (χ0v) is 11.9. The van der Waals surface area contributed by atoms with Crippen molar-refractivity contribution in [3.63, 3.8) is 0 Å². The predicted octanol–water partition coefficient (Wildman–Crippen LogP) is 1.49. The van der Waals surface area contributed by atoms with E-state index in [1.54, 1.807) is 0 Å². The maximum absolute atomic E-state index is 10.2. The summed E-state index contributed by atoms with van der Waals surface area (Å²) in [6.45, 7) is 2.41. The molecule has 1 aromatic carbocycles. The third-order valence-electron chi connectivity index (χ3n) is 4.14. The lowest BCUT2D eigenvalue weighted by Crippen LogP contribution is -2.50. The van der Waals surface area contributed by atoms with Gasteiger partial charge in [-0.3, -0.25) is 0 Å². The van der Waals surface area contributed by atoms with Crippen molar-refractivity contribution in [1.29, 1.82) is 5.26 Å². The zero-order chi connectivity index (χ0) is 14.7. The van der Waals surface area contributed by atoms with Crippen LogP contribution >= 0.6 is 0 Å². The molecule has 1 aliphatic carbocycles. The smallest absolute Gasteiger partial charge is 0.184 e. The van der Waals surface area contributed by atoms with Crippen molar-refractivity contribution in [2.45, 2.75) is 31.3 Å². The Labute approximate surface area is 124 Å². The maximum Gasteiger partial charge on any atom is 0.184 e. The molecule has 0 spiro atoms. The molecule has 2 N–H and O–H groups in total. The van der Waals surface area contributed by atoms with E-state index in [1.807, 2.05) is 24.3 Å². The van der Waals surface area contributed by atoms with Crippen molar-refractivity contribution < 1.29 is 14.6 Å². The van der Waals surface area contributed by atoms with E-state index in [-0.39, 0.29) is 12.2 Å². The molecule has 5 nitrogen and oxygen atoms in total. The van der Waals surface area contributed by atoms with E-state index in [1.165, 1.54) is 0 Å². The van der Waals surface area contributed by atoms with Gasteiger partial charge in [0, 0.05) is 18.7 Å². The summed E-state index contributed by atoms with van der Waals surface area (Å²) in [5, 5.41) is 22.3. The fraction of sp³-hybridized carbons (Fsp3) is 0.562. The number of nitrogens with one attached hydrogen (secondary N) is 1. The number of hydrogen-bond donors (Lipinski definition) is 2. The van der Waals surface area contributed by atoms with E-state index >= 15 is 0 Å². The first-order valence-electron chi connectivity index (χ1n) is 7.34. The molecule has 0 bridgehead atoms. The van der Waals surface area contributed by atoms with Crippen LogP contribution in [0.25, 0.3) is 0 Å². The molecular formula is C16H20N2O3. The van der Waals surface area contributed by atoms with Gasteiger partial charge in [0.25, 0.3) is 0 Å². The molecule has 0 amide bonds. The SMILES string of the molecule is N#CC1CC(O)(CNCc2ccccc2C2OCCO2)C1. The van der Waals surface area contributed by atoms with Crippen LogP contribution in [0.4, 0.5) is 0 Å². The Morgan fingerprint density at radius 1 is 1.29 bits per heavy atom. The quantitative estimate of drug-likeness (QED) is 0.858. The molecular weight excluding hydrogens is 268 g/mol. The van der Waals surface area contributed by atoms with Gasteiger partial charge in [-0.1, -0.05) is 24.3 Å². The first-order valence-corrected chi connectivity index (χ1v) is 7.34. The van der Waals surface area contributed by atoms with Crippen LogP contribution in [0.2, 0.25) is 0 Å². The van der Waals surface area contributed by atoms with Gasteiger partial charge < -0.3 is 19.9 Å². The Morgan fingerprint density at radius 2 is 2.00 bits per heavy atom. The predicted molar refractivity (Wildman–Crippen MR) is 76.1 cm³/mol. The first kappa shape index (κ1) is 14.5. The number of ether oxygens (including phenoxy) is 2. The summed E-state index contributed by atoms with van der Waals surface area (Å²) in [7, 11) is 0. The molecule has 2 fully saturated rings. The van der Waals surface area contributed by atoms with E-state index in [4.69, 9.17) is 14.7 Å². The van der Waals surface area contributed by atoms with Crippen molar-refractivity contribution in [2.75, 3.05) is 19.8 Å². The van der Waals surface area contributed by atoms with E-state index in [9.17, 15) is 5.11 Å². The summed E-state index contributed by atoms with van der Waals surface area (Å²) in [4.78, 5) is 0. The van der Waals surface area contributed by atoms with E-state index in [2.05, 4.69) is 11.4 Å². The lowest BCUT2D eigenvalue weighted by molar-refractivity contribution is -0.0550. The largest absolute Gasteiger partial charge is 0.388 e. The highest BCUT2D eigenvalue weighted by molar-refractivity contribution is 5.28. The number of hydrogen-bond acceptors (Lipinski definition) is 5. The molecule has 2 aliphatic rings. The van der Waals surface area contributed by atoms with Crippen molar-refractivity contribution in [3.8, 4) is 6.07 Å². The number of nitriles is 1. The molecule has 0 atom stereocenters. The number of aliphatic hydroxyl groups is 1. The number of benzene rings is 1. The molecule has 1 aromatic rings. The summed E-state index contributed by atoms with van der Waals surface area (Å²) in [6.07, 6.45) is 0.845. The monoisotopic (exact) mass is 288 g/mol. The minimum absolute atomic E-state index is 0.00405. The third kappa shape index (κ3) is 3.25. The van der Waals surface area contributed by atoms with Gasteiger partial charge in [0.2, 0.25) is 0 Å². The Bertz CT molecular complexity index is 529. The van der Waals surface area contributed by atoms with Crippen molar-refractivity contribution in [3.05, 3.63) is 35.4 Å². The van der Waals surface area contributed by atoms with E-state index in [0.29, 0.717) is 39.1 Å². The van der Waals surface area contributed by atoms with E-state index < -0.39 is 5.60 Å². The van der Waals surface area contributed by atoms with Gasteiger partial charge in [-0.15, -0.1) is 0 Å². The number of nitrogens with zero attached hydrogens (tertiary/aromatic N) is 1. The second kappa shape index (κ2) is 6.12. The summed E-state index contributed by atoms with van der Waals surface area (Å²) < 4.78 is 11.1. The standard InChI is InChI=1S/C16H20N2O3/c17-9-12-7-16(19,8-12)11-18-10-13-3-1-2-4-14(13)15-20-5-6-21-15/h1-4,12,15,18-19H,5-8,10-11H2. The summed E-state index contributed by atoms with van der Waals surface area (Å²) in [5.74, 6) is 0.00405. The van der Waals surface area contributed by atoms with Crippen LogP contribution in [-0.2, 0) is 16.0 Å². The normalized spacial score (nSPS) is 29.0. The molecule has 112 valence electrons. The van der Waals surface area contributed by atoms with Crippen LogP contribution in [0.1, 0.15) is 30.3 Å². The highest BCUT2D eigenvalue weighted by atomic mass is 16.7. The highest BCUT2D eigenvalue weighted by Crippen LogP contribution is 2.36. The average molecular weight is 288 g/mol. The van der Waals surface area contributed by atoms with E-state index in [0.717, 1.165) is 11.1 Å². The van der Waals surface area contributed by atoms with Gasteiger partial charge in [-0.25, -0.2) is 0 Å². The molecule has 21 heavy (non-hydrogen) atoms. The van der Waals surface area contributed by atoms with Crippen LogP contribution in [0.3, 0.4) is 0 Å². The second-order valence-corrected chi connectivity index (χ2v) is 5.83. The molecule has 1 saturated carbocycles. The van der Waals surface area contributed by atoms with Crippen LogP contribution < -0.4 is 5.32 Å². The third-order valence-corrected chi connectivity index (χ3v) is 4.14. The lowest BCUT2D eigenvalue weighted by atomic mass is 9.71. The number of rotatable bonds is 5. The molecule has 1 aliphatic heterocycles. The first-order chi connectivity index (χ1) is 10.2. The molecule has 1 saturated heterocycles. The molecule has 3 rings (SSSR count). The summed E-state index contributed by atoms with van der Waals surface area (Å²) in [5.41, 5.74) is 1.43. The average Bonchev–Trinajstić information content (AvgIpc) is 2.99. The minimum Gasteiger partial charge on any atom is -0.388 e. The summed E-state index contributed by atoms with van der Waals surface area (Å²) >= 11 is 0. The Balaban J connectivity index is 1.55. The van der Waals surface area contributed by atoms with Crippen molar-refractivity contribution >= 4 is 0 Å². The Hall–Kier alpha value is -1.45. The fourth-order valence-electron chi connectivity index (χ4n) is 2.99. The molecule has 1 heterocycles. The Kier molecular flexibility index (Phi) is 4.22.